The van der Waals surface area contributed by atoms with Crippen LogP contribution >= 0.6 is 0 Å². The van der Waals surface area contributed by atoms with Crippen LogP contribution in [0, 0.1) is 39.9 Å². The van der Waals surface area contributed by atoms with Crippen molar-refractivity contribution in [2.75, 3.05) is 0 Å². The van der Waals surface area contributed by atoms with Crippen LogP contribution in [-0.4, -0.2) is 8.07 Å². The first-order chi connectivity index (χ1) is 9.93. The first kappa shape index (κ1) is 14.1. The Morgan fingerprint density at radius 2 is 1.95 bits per heavy atom. The molecule has 1 saturated carbocycles. The van der Waals surface area contributed by atoms with E-state index in [1.54, 1.807) is 0 Å². The summed E-state index contributed by atoms with van der Waals surface area (Å²) in [4.78, 5) is 0. The van der Waals surface area contributed by atoms with Gasteiger partial charge in [-0.3, -0.25) is 0 Å². The zero-order chi connectivity index (χ0) is 15.3. The molecular formula is C18H20N2Si. The van der Waals surface area contributed by atoms with Crippen LogP contribution in [0.2, 0.25) is 25.7 Å². The van der Waals surface area contributed by atoms with Crippen molar-refractivity contribution in [3.8, 4) is 12.1 Å². The van der Waals surface area contributed by atoms with E-state index in [1.807, 2.05) is 12.2 Å². The Bertz CT molecular complexity index is 688. The molecule has 1 spiro atoms. The van der Waals surface area contributed by atoms with Gasteiger partial charge < -0.3 is 0 Å². The van der Waals surface area contributed by atoms with Crippen molar-refractivity contribution >= 4 is 8.07 Å². The largest absolute Gasteiger partial charge is 0.193 e. The third-order valence-corrected chi connectivity index (χ3v) is 6.79. The first-order valence-electron chi connectivity index (χ1n) is 7.55. The highest BCUT2D eigenvalue weighted by Crippen LogP contribution is 2.66. The summed E-state index contributed by atoms with van der Waals surface area (Å²) in [5.41, 5.74) is 2.48. The van der Waals surface area contributed by atoms with Gasteiger partial charge in [0.1, 0.15) is 0 Å². The monoisotopic (exact) mass is 292 g/mol. The molecule has 0 aliphatic heterocycles. The standard InChI is InChI=1S/C18H20N2Si/c1-21(2,3)12-16-9-14-5-4-6-17-13(10-19)7-8-15(11-20)18(14,16)17/h4-8,14,16H,9,12H2,1-3H3. The fourth-order valence-corrected chi connectivity index (χ4v) is 6.34. The van der Waals surface area contributed by atoms with E-state index in [-0.39, 0.29) is 5.41 Å². The lowest BCUT2D eigenvalue weighted by atomic mass is 9.44. The molecule has 2 nitrogen and oxygen atoms in total. The minimum absolute atomic E-state index is 0.205. The van der Waals surface area contributed by atoms with Gasteiger partial charge in [0.15, 0.2) is 0 Å². The smallest absolute Gasteiger partial charge is 0.0994 e. The molecule has 1 fully saturated rings. The normalized spacial score (nSPS) is 33.3. The Balaban J connectivity index is 2.12. The second-order valence-corrected chi connectivity index (χ2v) is 13.1. The summed E-state index contributed by atoms with van der Waals surface area (Å²) < 4.78 is 0. The van der Waals surface area contributed by atoms with E-state index in [0.29, 0.717) is 11.8 Å². The molecule has 3 aliphatic rings. The number of hydrogen-bond acceptors (Lipinski definition) is 2. The molecule has 0 N–H and O–H groups in total. The molecule has 0 aromatic heterocycles. The second kappa shape index (κ2) is 4.58. The lowest BCUT2D eigenvalue weighted by Gasteiger charge is -2.59. The van der Waals surface area contributed by atoms with Gasteiger partial charge in [-0.05, 0) is 36.0 Å². The van der Waals surface area contributed by atoms with Gasteiger partial charge in [-0.2, -0.15) is 10.5 Å². The number of rotatable bonds is 2. The van der Waals surface area contributed by atoms with Gasteiger partial charge in [-0.15, -0.1) is 0 Å². The van der Waals surface area contributed by atoms with Gasteiger partial charge in [0.25, 0.3) is 0 Å². The van der Waals surface area contributed by atoms with E-state index in [4.69, 9.17) is 0 Å². The lowest BCUT2D eigenvalue weighted by Crippen LogP contribution is -2.54. The Morgan fingerprint density at radius 3 is 2.57 bits per heavy atom. The van der Waals surface area contributed by atoms with Crippen molar-refractivity contribution in [3.63, 3.8) is 0 Å². The summed E-state index contributed by atoms with van der Waals surface area (Å²) in [5, 5.41) is 19.1. The Kier molecular flexibility index (Phi) is 3.08. The molecule has 0 amide bonds. The summed E-state index contributed by atoms with van der Waals surface area (Å²) in [5.74, 6) is 0.898. The van der Waals surface area contributed by atoms with Crippen LogP contribution in [0.15, 0.2) is 47.1 Å². The summed E-state index contributed by atoms with van der Waals surface area (Å²) in [6.45, 7) is 7.16. The van der Waals surface area contributed by atoms with Crippen LogP contribution in [0.1, 0.15) is 6.42 Å². The molecule has 0 saturated heterocycles. The Morgan fingerprint density at radius 1 is 1.19 bits per heavy atom. The van der Waals surface area contributed by atoms with Gasteiger partial charge in [0.2, 0.25) is 0 Å². The van der Waals surface area contributed by atoms with Crippen LogP contribution in [0.5, 0.6) is 0 Å². The predicted molar refractivity (Wildman–Crippen MR) is 86.8 cm³/mol. The van der Waals surface area contributed by atoms with Crippen molar-refractivity contribution in [2.45, 2.75) is 32.1 Å². The third-order valence-electron chi connectivity index (χ3n) is 5.07. The number of allylic oxidation sites excluding steroid dienone is 8. The van der Waals surface area contributed by atoms with Gasteiger partial charge in [-0.25, -0.2) is 0 Å². The highest BCUT2D eigenvalue weighted by molar-refractivity contribution is 6.76. The van der Waals surface area contributed by atoms with Gasteiger partial charge in [0, 0.05) is 19.1 Å². The van der Waals surface area contributed by atoms with Crippen LogP contribution in [-0.2, 0) is 0 Å². The van der Waals surface area contributed by atoms with Crippen LogP contribution in [0.25, 0.3) is 0 Å². The molecular weight excluding hydrogens is 272 g/mol. The van der Waals surface area contributed by atoms with E-state index < -0.39 is 8.07 Å². The molecule has 3 heteroatoms. The summed E-state index contributed by atoms with van der Waals surface area (Å²) in [6.07, 6.45) is 11.2. The minimum Gasteiger partial charge on any atom is -0.193 e. The number of nitriles is 2. The summed E-state index contributed by atoms with van der Waals surface area (Å²) in [6, 6.07) is 5.98. The van der Waals surface area contributed by atoms with Gasteiger partial charge in [0.05, 0.1) is 17.7 Å². The molecule has 21 heavy (non-hydrogen) atoms. The van der Waals surface area contributed by atoms with Crippen molar-refractivity contribution in [3.05, 3.63) is 47.1 Å². The molecule has 3 atom stereocenters. The average Bonchev–Trinajstić information content (AvgIpc) is 2.43. The van der Waals surface area contributed by atoms with Crippen LogP contribution in [0.4, 0.5) is 0 Å². The topological polar surface area (TPSA) is 47.6 Å². The SMILES string of the molecule is C[Si](C)(C)CC1CC2C=CC=C3C(C#N)=CC=C(C#N)C321. The zero-order valence-electron chi connectivity index (χ0n) is 12.9. The minimum atomic E-state index is -1.21. The lowest BCUT2D eigenvalue weighted by molar-refractivity contribution is 0.0668. The van der Waals surface area contributed by atoms with Gasteiger partial charge in [-0.1, -0.05) is 43.9 Å². The van der Waals surface area contributed by atoms with Crippen molar-refractivity contribution in [2.24, 2.45) is 17.3 Å². The van der Waals surface area contributed by atoms with E-state index in [1.165, 1.54) is 6.04 Å². The molecule has 0 aromatic rings. The molecule has 0 radical (unpaired) electrons. The van der Waals surface area contributed by atoms with Crippen LogP contribution in [0.3, 0.4) is 0 Å². The first-order valence-corrected chi connectivity index (χ1v) is 11.3. The van der Waals surface area contributed by atoms with E-state index in [9.17, 15) is 10.5 Å². The van der Waals surface area contributed by atoms with E-state index >= 15 is 0 Å². The van der Waals surface area contributed by atoms with E-state index in [0.717, 1.165) is 23.1 Å². The fraction of sp³-hybridized carbons (Fsp3) is 0.444. The molecule has 0 aromatic carbocycles. The summed E-state index contributed by atoms with van der Waals surface area (Å²) in [7, 11) is -1.21. The summed E-state index contributed by atoms with van der Waals surface area (Å²) >= 11 is 0. The molecule has 106 valence electrons. The van der Waals surface area contributed by atoms with Crippen molar-refractivity contribution in [1.29, 1.82) is 10.5 Å². The molecule has 3 rings (SSSR count). The highest BCUT2D eigenvalue weighted by Gasteiger charge is 2.60. The molecule has 3 aliphatic carbocycles. The van der Waals surface area contributed by atoms with Crippen molar-refractivity contribution in [1.82, 2.24) is 0 Å². The second-order valence-electron chi connectivity index (χ2n) is 7.52. The molecule has 0 bridgehead atoms. The van der Waals surface area contributed by atoms with E-state index in [2.05, 4.69) is 50.0 Å². The maximum Gasteiger partial charge on any atom is 0.0994 e. The Hall–Kier alpha value is -1.84. The quantitative estimate of drug-likeness (QED) is 0.710. The molecule has 3 unspecified atom stereocenters. The highest BCUT2D eigenvalue weighted by atomic mass is 28.3. The van der Waals surface area contributed by atoms with Gasteiger partial charge >= 0.3 is 0 Å². The third kappa shape index (κ3) is 1.88. The number of nitrogens with zero attached hydrogens (tertiary/aromatic N) is 2. The maximum atomic E-state index is 9.65. The van der Waals surface area contributed by atoms with Crippen LogP contribution < -0.4 is 0 Å². The Labute approximate surface area is 127 Å². The maximum absolute atomic E-state index is 9.65. The predicted octanol–water partition coefficient (Wildman–Crippen LogP) is 4.36. The number of hydrogen-bond donors (Lipinski definition) is 0. The van der Waals surface area contributed by atoms with Crippen molar-refractivity contribution < 1.29 is 0 Å². The fourth-order valence-electron chi connectivity index (χ4n) is 4.38. The molecule has 0 heterocycles. The average molecular weight is 292 g/mol. The zero-order valence-corrected chi connectivity index (χ0v) is 13.9.